The van der Waals surface area contributed by atoms with Gasteiger partial charge in [0.25, 0.3) is 0 Å². The van der Waals surface area contributed by atoms with Crippen molar-refractivity contribution in [3.05, 3.63) is 83.2 Å². The molecule has 0 unspecified atom stereocenters. The first-order valence-electron chi connectivity index (χ1n) is 11.2. The predicted molar refractivity (Wildman–Crippen MR) is 127 cm³/mol. The van der Waals surface area contributed by atoms with Gasteiger partial charge in [0.05, 0.1) is 17.8 Å². The second kappa shape index (κ2) is 8.42. The van der Waals surface area contributed by atoms with E-state index in [1.807, 2.05) is 24.7 Å². The molecule has 3 aromatic heterocycles. The SMILES string of the molecule is Cc1cc([C@H]2[C@@H](c3ccccn3)NC(=S)N2Cc2ccncc2)c(C)n1C1CCCC1. The van der Waals surface area contributed by atoms with E-state index in [2.05, 4.69) is 68.9 Å². The lowest BCUT2D eigenvalue weighted by Crippen LogP contribution is -2.29. The third kappa shape index (κ3) is 3.74. The van der Waals surface area contributed by atoms with Gasteiger partial charge >= 0.3 is 0 Å². The van der Waals surface area contributed by atoms with Crippen molar-refractivity contribution >= 4 is 17.3 Å². The van der Waals surface area contributed by atoms with Crippen LogP contribution in [0.3, 0.4) is 0 Å². The maximum absolute atomic E-state index is 5.85. The van der Waals surface area contributed by atoms with E-state index in [0.29, 0.717) is 6.04 Å². The lowest BCUT2D eigenvalue weighted by atomic mass is 9.96. The summed E-state index contributed by atoms with van der Waals surface area (Å²) in [5.74, 6) is 0. The topological polar surface area (TPSA) is 46.0 Å². The zero-order valence-corrected chi connectivity index (χ0v) is 19.0. The Hall–Kier alpha value is -2.73. The molecule has 160 valence electrons. The van der Waals surface area contributed by atoms with Crippen LogP contribution in [0.25, 0.3) is 0 Å². The summed E-state index contributed by atoms with van der Waals surface area (Å²) in [5.41, 5.74) is 6.29. The van der Waals surface area contributed by atoms with Gasteiger partial charge in [-0.3, -0.25) is 9.97 Å². The fourth-order valence-electron chi connectivity index (χ4n) is 5.43. The smallest absolute Gasteiger partial charge is 0.170 e. The Bertz CT molecular complexity index is 1060. The van der Waals surface area contributed by atoms with Crippen molar-refractivity contribution in [1.29, 1.82) is 0 Å². The molecule has 0 bridgehead atoms. The lowest BCUT2D eigenvalue weighted by molar-refractivity contribution is 0.309. The van der Waals surface area contributed by atoms with Crippen molar-refractivity contribution in [3.8, 4) is 0 Å². The maximum atomic E-state index is 5.85. The van der Waals surface area contributed by atoms with E-state index >= 15 is 0 Å². The van der Waals surface area contributed by atoms with Crippen molar-refractivity contribution in [2.45, 2.75) is 64.2 Å². The monoisotopic (exact) mass is 431 g/mol. The molecule has 0 aromatic carbocycles. The Morgan fingerprint density at radius 3 is 2.55 bits per heavy atom. The highest BCUT2D eigenvalue weighted by molar-refractivity contribution is 7.80. The largest absolute Gasteiger partial charge is 0.352 e. The third-order valence-electron chi connectivity index (χ3n) is 6.83. The minimum atomic E-state index is 0.0214. The third-order valence-corrected chi connectivity index (χ3v) is 7.18. The highest BCUT2D eigenvalue weighted by atomic mass is 32.1. The van der Waals surface area contributed by atoms with Crippen LogP contribution < -0.4 is 5.32 Å². The summed E-state index contributed by atoms with van der Waals surface area (Å²) in [6.07, 6.45) is 10.8. The van der Waals surface area contributed by atoms with Crippen LogP contribution in [0.15, 0.2) is 55.0 Å². The van der Waals surface area contributed by atoms with Gasteiger partial charge in [0, 0.05) is 42.6 Å². The molecule has 6 heteroatoms. The number of nitrogens with zero attached hydrogens (tertiary/aromatic N) is 4. The van der Waals surface area contributed by atoms with Crippen LogP contribution in [0.1, 0.15) is 72.0 Å². The number of hydrogen-bond acceptors (Lipinski definition) is 3. The quantitative estimate of drug-likeness (QED) is 0.564. The molecule has 4 heterocycles. The van der Waals surface area contributed by atoms with E-state index in [1.54, 1.807) is 0 Å². The molecule has 5 rings (SSSR count). The Morgan fingerprint density at radius 2 is 1.84 bits per heavy atom. The first kappa shape index (κ1) is 20.2. The van der Waals surface area contributed by atoms with Gasteiger partial charge in [0.15, 0.2) is 5.11 Å². The summed E-state index contributed by atoms with van der Waals surface area (Å²) < 4.78 is 2.57. The van der Waals surface area contributed by atoms with Gasteiger partial charge in [-0.2, -0.15) is 0 Å². The van der Waals surface area contributed by atoms with Gasteiger partial charge in [-0.05, 0) is 80.4 Å². The Balaban J connectivity index is 1.58. The molecule has 1 saturated carbocycles. The maximum Gasteiger partial charge on any atom is 0.170 e. The number of aromatic nitrogens is 3. The molecule has 0 radical (unpaired) electrons. The van der Waals surface area contributed by atoms with Crippen molar-refractivity contribution in [2.24, 2.45) is 0 Å². The normalized spacial score (nSPS) is 21.6. The Kier molecular flexibility index (Phi) is 5.48. The van der Waals surface area contributed by atoms with Gasteiger partial charge < -0.3 is 14.8 Å². The van der Waals surface area contributed by atoms with Gasteiger partial charge in [-0.1, -0.05) is 18.9 Å². The van der Waals surface area contributed by atoms with Gasteiger partial charge in [0.1, 0.15) is 0 Å². The molecule has 2 atom stereocenters. The highest BCUT2D eigenvalue weighted by Crippen LogP contribution is 2.43. The van der Waals surface area contributed by atoms with E-state index < -0.39 is 0 Å². The average molecular weight is 432 g/mol. The van der Waals surface area contributed by atoms with Crippen LogP contribution in [0.4, 0.5) is 0 Å². The molecule has 2 fully saturated rings. The van der Waals surface area contributed by atoms with Gasteiger partial charge in [-0.15, -0.1) is 0 Å². The van der Waals surface area contributed by atoms with Crippen LogP contribution >= 0.6 is 12.2 Å². The van der Waals surface area contributed by atoms with Gasteiger partial charge in [0.2, 0.25) is 0 Å². The molecule has 1 aliphatic carbocycles. The highest BCUT2D eigenvalue weighted by Gasteiger charge is 2.41. The predicted octanol–water partition coefficient (Wildman–Crippen LogP) is 5.18. The summed E-state index contributed by atoms with van der Waals surface area (Å²) in [6, 6.07) is 13.4. The van der Waals surface area contributed by atoms with E-state index in [9.17, 15) is 0 Å². The number of aryl methyl sites for hydroxylation is 1. The zero-order valence-electron chi connectivity index (χ0n) is 18.2. The minimum absolute atomic E-state index is 0.0214. The van der Waals surface area contributed by atoms with Crippen molar-refractivity contribution in [2.75, 3.05) is 0 Å². The first-order valence-corrected chi connectivity index (χ1v) is 11.6. The fourth-order valence-corrected chi connectivity index (χ4v) is 5.73. The molecule has 1 aliphatic heterocycles. The second-order valence-electron chi connectivity index (χ2n) is 8.74. The number of nitrogens with one attached hydrogen (secondary N) is 1. The average Bonchev–Trinajstić information content (AvgIpc) is 3.49. The molecule has 1 N–H and O–H groups in total. The van der Waals surface area contributed by atoms with Crippen molar-refractivity contribution in [1.82, 2.24) is 24.8 Å². The Morgan fingerprint density at radius 1 is 1.06 bits per heavy atom. The number of thiocarbonyl (C=S) groups is 1. The van der Waals surface area contributed by atoms with E-state index in [0.717, 1.165) is 17.4 Å². The Labute approximate surface area is 189 Å². The van der Waals surface area contributed by atoms with E-state index in [4.69, 9.17) is 12.2 Å². The van der Waals surface area contributed by atoms with Crippen LogP contribution in [0.2, 0.25) is 0 Å². The molecule has 1 saturated heterocycles. The molecular weight excluding hydrogens is 402 g/mol. The van der Waals surface area contributed by atoms with Crippen LogP contribution in [0, 0.1) is 13.8 Å². The van der Waals surface area contributed by atoms with E-state index in [1.165, 1.54) is 48.2 Å². The zero-order chi connectivity index (χ0) is 21.4. The number of pyridine rings is 2. The van der Waals surface area contributed by atoms with Crippen molar-refractivity contribution in [3.63, 3.8) is 0 Å². The summed E-state index contributed by atoms with van der Waals surface area (Å²) in [5, 5.41) is 4.37. The molecule has 3 aromatic rings. The standard InChI is InChI=1S/C25H29N5S/c1-17-15-21(18(2)30(17)20-7-3-4-8-20)24-23(22-9-5-6-12-27-22)28-25(31)29(24)16-19-10-13-26-14-11-19/h5-6,9-15,20,23-24H,3-4,7-8,16H2,1-2H3,(H,28,31)/t23-,24+/m1/s1. The number of hydrogen-bond donors (Lipinski definition) is 1. The summed E-state index contributed by atoms with van der Waals surface area (Å²) in [7, 11) is 0. The summed E-state index contributed by atoms with van der Waals surface area (Å²) >= 11 is 5.85. The molecule has 0 amide bonds. The first-order chi connectivity index (χ1) is 15.1. The fraction of sp³-hybridized carbons (Fsp3) is 0.400. The summed E-state index contributed by atoms with van der Waals surface area (Å²) in [6.45, 7) is 5.27. The molecule has 0 spiro atoms. The molecular formula is C25H29N5S. The molecule has 2 aliphatic rings. The van der Waals surface area contributed by atoms with Crippen molar-refractivity contribution < 1.29 is 0 Å². The second-order valence-corrected chi connectivity index (χ2v) is 9.13. The lowest BCUT2D eigenvalue weighted by Gasteiger charge is -2.28. The van der Waals surface area contributed by atoms with Crippen LogP contribution in [-0.4, -0.2) is 24.5 Å². The number of rotatable bonds is 5. The van der Waals surface area contributed by atoms with Crippen LogP contribution in [-0.2, 0) is 6.54 Å². The van der Waals surface area contributed by atoms with Crippen LogP contribution in [0.5, 0.6) is 0 Å². The minimum Gasteiger partial charge on any atom is -0.352 e. The molecule has 5 nitrogen and oxygen atoms in total. The van der Waals surface area contributed by atoms with E-state index in [-0.39, 0.29) is 12.1 Å². The molecule has 31 heavy (non-hydrogen) atoms. The summed E-state index contributed by atoms with van der Waals surface area (Å²) in [4.78, 5) is 11.2. The van der Waals surface area contributed by atoms with Gasteiger partial charge in [-0.25, -0.2) is 0 Å².